The predicted molar refractivity (Wildman–Crippen MR) is 69.1 cm³/mol. The Balaban J connectivity index is 2.63. The third-order valence-electron chi connectivity index (χ3n) is 2.76. The molecule has 1 rings (SSSR count). The summed E-state index contributed by atoms with van der Waals surface area (Å²) in [6.07, 6.45) is 3.13. The second kappa shape index (κ2) is 6.74. The van der Waals surface area contributed by atoms with Crippen molar-refractivity contribution in [3.63, 3.8) is 0 Å². The molecule has 98 valence electrons. The van der Waals surface area contributed by atoms with Gasteiger partial charge in [-0.3, -0.25) is 14.6 Å². The minimum Gasteiger partial charge on any atom is -0.342 e. The van der Waals surface area contributed by atoms with E-state index in [0.717, 1.165) is 0 Å². The van der Waals surface area contributed by atoms with Crippen molar-refractivity contribution in [1.29, 1.82) is 0 Å². The first-order valence-corrected chi connectivity index (χ1v) is 6.03. The van der Waals surface area contributed by atoms with Crippen LogP contribution in [0.1, 0.15) is 24.2 Å². The molecule has 0 saturated heterocycles. The largest absolute Gasteiger partial charge is 0.342 e. The zero-order chi connectivity index (χ0) is 13.5. The van der Waals surface area contributed by atoms with Crippen molar-refractivity contribution in [1.82, 2.24) is 14.8 Å². The van der Waals surface area contributed by atoms with E-state index in [0.29, 0.717) is 18.7 Å². The number of pyridine rings is 1. The quantitative estimate of drug-likeness (QED) is 0.783. The SMILES string of the molecule is CCN(CC)C(=O)CN(C)C(=O)c1ccncc1. The minimum atomic E-state index is -0.169. The summed E-state index contributed by atoms with van der Waals surface area (Å²) in [6.45, 7) is 5.26. The highest BCUT2D eigenvalue weighted by molar-refractivity contribution is 5.96. The summed E-state index contributed by atoms with van der Waals surface area (Å²) in [6, 6.07) is 3.28. The third kappa shape index (κ3) is 3.55. The molecule has 1 aromatic rings. The minimum absolute atomic E-state index is 0.0371. The van der Waals surface area contributed by atoms with Crippen LogP contribution in [0.4, 0.5) is 0 Å². The summed E-state index contributed by atoms with van der Waals surface area (Å²) in [5.74, 6) is -0.206. The van der Waals surface area contributed by atoms with Crippen LogP contribution in [0.3, 0.4) is 0 Å². The predicted octanol–water partition coefficient (Wildman–Crippen LogP) is 1.02. The third-order valence-corrected chi connectivity index (χ3v) is 2.76. The average molecular weight is 249 g/mol. The fraction of sp³-hybridized carbons (Fsp3) is 0.462. The van der Waals surface area contributed by atoms with Crippen LogP contribution in [0.25, 0.3) is 0 Å². The van der Waals surface area contributed by atoms with E-state index >= 15 is 0 Å². The number of rotatable bonds is 5. The van der Waals surface area contributed by atoms with Gasteiger partial charge in [0.15, 0.2) is 0 Å². The summed E-state index contributed by atoms with van der Waals surface area (Å²) in [5, 5.41) is 0. The van der Waals surface area contributed by atoms with Crippen molar-refractivity contribution in [3.05, 3.63) is 30.1 Å². The van der Waals surface area contributed by atoms with E-state index in [4.69, 9.17) is 0 Å². The van der Waals surface area contributed by atoms with Gasteiger partial charge in [-0.1, -0.05) is 0 Å². The highest BCUT2D eigenvalue weighted by Gasteiger charge is 2.17. The molecule has 0 unspecified atom stereocenters. The number of carbonyl (C=O) groups excluding carboxylic acids is 2. The standard InChI is InChI=1S/C13H19N3O2/c1-4-16(5-2)12(17)10-15(3)13(18)11-6-8-14-9-7-11/h6-9H,4-5,10H2,1-3H3. The molecule has 2 amide bonds. The molecule has 0 aliphatic rings. The lowest BCUT2D eigenvalue weighted by molar-refractivity contribution is -0.131. The van der Waals surface area contributed by atoms with Gasteiger partial charge in [-0.2, -0.15) is 0 Å². The first-order chi connectivity index (χ1) is 8.60. The van der Waals surface area contributed by atoms with E-state index in [1.165, 1.54) is 4.90 Å². The number of hydrogen-bond donors (Lipinski definition) is 0. The second-order valence-electron chi connectivity index (χ2n) is 3.96. The molecule has 0 atom stereocenters. The van der Waals surface area contributed by atoms with Gasteiger partial charge in [0.2, 0.25) is 5.91 Å². The maximum Gasteiger partial charge on any atom is 0.254 e. The smallest absolute Gasteiger partial charge is 0.254 e. The number of aromatic nitrogens is 1. The van der Waals surface area contributed by atoms with Crippen molar-refractivity contribution < 1.29 is 9.59 Å². The van der Waals surface area contributed by atoms with Gasteiger partial charge in [-0.15, -0.1) is 0 Å². The Morgan fingerprint density at radius 1 is 1.17 bits per heavy atom. The molecular weight excluding hydrogens is 230 g/mol. The molecule has 0 fully saturated rings. The number of hydrogen-bond acceptors (Lipinski definition) is 3. The number of likely N-dealkylation sites (N-methyl/N-ethyl adjacent to an activating group) is 2. The molecule has 5 nitrogen and oxygen atoms in total. The summed E-state index contributed by atoms with van der Waals surface area (Å²) >= 11 is 0. The van der Waals surface area contributed by atoms with Gasteiger partial charge < -0.3 is 9.80 Å². The van der Waals surface area contributed by atoms with Gasteiger partial charge in [0.1, 0.15) is 0 Å². The zero-order valence-electron chi connectivity index (χ0n) is 11.1. The van der Waals surface area contributed by atoms with Gasteiger partial charge in [0.05, 0.1) is 6.54 Å². The molecule has 0 bridgehead atoms. The molecule has 0 aliphatic heterocycles. The molecule has 0 saturated carbocycles. The average Bonchev–Trinajstić information content (AvgIpc) is 2.40. The van der Waals surface area contributed by atoms with Crippen molar-refractivity contribution in [2.24, 2.45) is 0 Å². The van der Waals surface area contributed by atoms with E-state index in [-0.39, 0.29) is 18.4 Å². The van der Waals surface area contributed by atoms with Crippen LogP contribution in [0.15, 0.2) is 24.5 Å². The van der Waals surface area contributed by atoms with Crippen LogP contribution in [-0.4, -0.2) is 53.3 Å². The van der Waals surface area contributed by atoms with Crippen LogP contribution < -0.4 is 0 Å². The lowest BCUT2D eigenvalue weighted by Gasteiger charge is -2.23. The van der Waals surface area contributed by atoms with Crippen molar-refractivity contribution in [3.8, 4) is 0 Å². The van der Waals surface area contributed by atoms with Gasteiger partial charge >= 0.3 is 0 Å². The van der Waals surface area contributed by atoms with Crippen LogP contribution in [0, 0.1) is 0 Å². The monoisotopic (exact) mass is 249 g/mol. The van der Waals surface area contributed by atoms with Gasteiger partial charge in [-0.25, -0.2) is 0 Å². The molecule has 18 heavy (non-hydrogen) atoms. The Morgan fingerprint density at radius 3 is 2.22 bits per heavy atom. The van der Waals surface area contributed by atoms with E-state index in [1.54, 1.807) is 36.5 Å². The highest BCUT2D eigenvalue weighted by atomic mass is 16.2. The van der Waals surface area contributed by atoms with Gasteiger partial charge in [-0.05, 0) is 26.0 Å². The maximum absolute atomic E-state index is 12.0. The molecule has 0 aromatic carbocycles. The van der Waals surface area contributed by atoms with Crippen LogP contribution in [-0.2, 0) is 4.79 Å². The summed E-state index contributed by atoms with van der Waals surface area (Å²) in [7, 11) is 1.63. The normalized spacial score (nSPS) is 9.94. The molecule has 0 radical (unpaired) electrons. The summed E-state index contributed by atoms with van der Waals surface area (Å²) in [4.78, 5) is 30.9. The molecule has 0 spiro atoms. The summed E-state index contributed by atoms with van der Waals surface area (Å²) < 4.78 is 0. The fourth-order valence-electron chi connectivity index (χ4n) is 1.67. The van der Waals surface area contributed by atoms with Crippen molar-refractivity contribution in [2.45, 2.75) is 13.8 Å². The highest BCUT2D eigenvalue weighted by Crippen LogP contribution is 2.02. The Hall–Kier alpha value is -1.91. The lowest BCUT2D eigenvalue weighted by atomic mass is 10.2. The van der Waals surface area contributed by atoms with Crippen LogP contribution in [0.2, 0.25) is 0 Å². The van der Waals surface area contributed by atoms with Gasteiger partial charge in [0.25, 0.3) is 5.91 Å². The maximum atomic E-state index is 12.0. The number of amides is 2. The van der Waals surface area contributed by atoms with Gasteiger partial charge in [0, 0.05) is 38.1 Å². The summed E-state index contributed by atoms with van der Waals surface area (Å²) in [5.41, 5.74) is 0.542. The second-order valence-corrected chi connectivity index (χ2v) is 3.96. The molecule has 1 heterocycles. The van der Waals surface area contributed by atoms with E-state index < -0.39 is 0 Å². The molecule has 5 heteroatoms. The number of carbonyl (C=O) groups is 2. The Labute approximate surface area is 107 Å². The lowest BCUT2D eigenvalue weighted by Crippen LogP contribution is -2.41. The van der Waals surface area contributed by atoms with Crippen LogP contribution >= 0.6 is 0 Å². The first kappa shape index (κ1) is 14.2. The Morgan fingerprint density at radius 2 is 1.72 bits per heavy atom. The molecule has 1 aromatic heterocycles. The number of nitrogens with zero attached hydrogens (tertiary/aromatic N) is 3. The molecule has 0 aliphatic carbocycles. The fourth-order valence-corrected chi connectivity index (χ4v) is 1.67. The zero-order valence-corrected chi connectivity index (χ0v) is 11.1. The first-order valence-electron chi connectivity index (χ1n) is 6.03. The Kier molecular flexibility index (Phi) is 5.30. The van der Waals surface area contributed by atoms with Crippen molar-refractivity contribution in [2.75, 3.05) is 26.7 Å². The van der Waals surface area contributed by atoms with E-state index in [1.807, 2.05) is 13.8 Å². The molecular formula is C13H19N3O2. The molecule has 0 N–H and O–H groups in total. The van der Waals surface area contributed by atoms with E-state index in [2.05, 4.69) is 4.98 Å². The van der Waals surface area contributed by atoms with Crippen molar-refractivity contribution >= 4 is 11.8 Å². The Bertz CT molecular complexity index is 402. The van der Waals surface area contributed by atoms with Crippen LogP contribution in [0.5, 0.6) is 0 Å². The topological polar surface area (TPSA) is 53.5 Å². The van der Waals surface area contributed by atoms with E-state index in [9.17, 15) is 9.59 Å².